The summed E-state index contributed by atoms with van der Waals surface area (Å²) in [6, 6.07) is 5.99. The van der Waals surface area contributed by atoms with Gasteiger partial charge in [0.2, 0.25) is 0 Å². The van der Waals surface area contributed by atoms with Gasteiger partial charge in [-0.3, -0.25) is 0 Å². The fourth-order valence-electron chi connectivity index (χ4n) is 2.37. The normalized spacial score (nSPS) is 19.0. The lowest BCUT2D eigenvalue weighted by molar-refractivity contribution is -0.274. The number of para-hydroxylation sites is 2. The Bertz CT molecular complexity index is 570. The van der Waals surface area contributed by atoms with Gasteiger partial charge in [0.15, 0.2) is 12.5 Å². The van der Waals surface area contributed by atoms with Crippen molar-refractivity contribution in [3.05, 3.63) is 35.7 Å². The lowest BCUT2D eigenvalue weighted by atomic mass is 10.2. The molecule has 1 aliphatic heterocycles. The van der Waals surface area contributed by atoms with Gasteiger partial charge in [-0.2, -0.15) is 0 Å². The van der Waals surface area contributed by atoms with Crippen LogP contribution in [0.15, 0.2) is 35.7 Å². The van der Waals surface area contributed by atoms with Crippen molar-refractivity contribution in [2.24, 2.45) is 5.92 Å². The summed E-state index contributed by atoms with van der Waals surface area (Å²) in [5, 5.41) is 0. The molecule has 1 fully saturated rings. The molecule has 0 saturated heterocycles. The molecular formula is C14H13ClF3NO2. The summed E-state index contributed by atoms with van der Waals surface area (Å²) in [4.78, 5) is 1.64. The van der Waals surface area contributed by atoms with E-state index in [4.69, 9.17) is 16.3 Å². The minimum absolute atomic E-state index is 0.159. The Morgan fingerprint density at radius 1 is 1.29 bits per heavy atom. The lowest BCUT2D eigenvalue weighted by Gasteiger charge is -2.22. The predicted octanol–water partition coefficient (Wildman–Crippen LogP) is 4.24. The number of hydrogen-bond acceptors (Lipinski definition) is 3. The van der Waals surface area contributed by atoms with E-state index in [2.05, 4.69) is 4.74 Å². The summed E-state index contributed by atoms with van der Waals surface area (Å²) in [7, 11) is 0. The summed E-state index contributed by atoms with van der Waals surface area (Å²) < 4.78 is 47.2. The topological polar surface area (TPSA) is 21.7 Å². The highest BCUT2D eigenvalue weighted by Crippen LogP contribution is 2.45. The van der Waals surface area contributed by atoms with Crippen molar-refractivity contribution in [1.29, 1.82) is 0 Å². The molecule has 0 spiro atoms. The molecule has 1 aromatic carbocycles. The number of anilines is 1. The van der Waals surface area contributed by atoms with Crippen LogP contribution in [0.5, 0.6) is 5.75 Å². The van der Waals surface area contributed by atoms with Crippen LogP contribution in [0.1, 0.15) is 12.8 Å². The van der Waals surface area contributed by atoms with E-state index in [-0.39, 0.29) is 18.4 Å². The van der Waals surface area contributed by atoms with Crippen molar-refractivity contribution >= 4 is 17.3 Å². The first kappa shape index (κ1) is 14.4. The molecule has 3 nitrogen and oxygen atoms in total. The summed E-state index contributed by atoms with van der Waals surface area (Å²) in [6.07, 6.45) is -2.67. The van der Waals surface area contributed by atoms with Gasteiger partial charge in [-0.15, -0.1) is 24.8 Å². The first-order chi connectivity index (χ1) is 9.99. The minimum atomic E-state index is -4.74. The number of allylic oxidation sites excluding steroid dienone is 2. The van der Waals surface area contributed by atoms with Crippen LogP contribution < -0.4 is 9.64 Å². The molecule has 0 aromatic heterocycles. The molecule has 2 aliphatic rings. The number of hydrogen-bond donors (Lipinski definition) is 0. The molecule has 0 bridgehead atoms. The highest BCUT2D eigenvalue weighted by molar-refractivity contribution is 6.19. The SMILES string of the molecule is FC(F)(F)Oc1ccccc1N1COC(C2CC2)=C1CCl. The quantitative estimate of drug-likeness (QED) is 0.775. The Kier molecular flexibility index (Phi) is 3.65. The Morgan fingerprint density at radius 2 is 2.00 bits per heavy atom. The average molecular weight is 320 g/mol. The zero-order valence-corrected chi connectivity index (χ0v) is 11.7. The lowest BCUT2D eigenvalue weighted by Crippen LogP contribution is -2.23. The smallest absolute Gasteiger partial charge is 0.475 e. The summed E-state index contributed by atoms with van der Waals surface area (Å²) >= 11 is 5.96. The second kappa shape index (κ2) is 5.33. The van der Waals surface area contributed by atoms with Gasteiger partial charge in [0, 0.05) is 5.92 Å². The molecule has 114 valence electrons. The van der Waals surface area contributed by atoms with Gasteiger partial charge in [0.05, 0.1) is 17.3 Å². The molecule has 21 heavy (non-hydrogen) atoms. The Labute approximate surface area is 124 Å². The van der Waals surface area contributed by atoms with Crippen LogP contribution in [0.25, 0.3) is 0 Å². The molecule has 0 N–H and O–H groups in total. The van der Waals surface area contributed by atoms with Crippen molar-refractivity contribution in [2.45, 2.75) is 19.2 Å². The number of nitrogens with zero attached hydrogens (tertiary/aromatic N) is 1. The molecule has 1 aliphatic carbocycles. The molecule has 3 rings (SSSR count). The van der Waals surface area contributed by atoms with Crippen molar-refractivity contribution in [3.8, 4) is 5.75 Å². The second-order valence-corrected chi connectivity index (χ2v) is 5.20. The molecule has 1 heterocycles. The van der Waals surface area contributed by atoms with Crippen molar-refractivity contribution in [2.75, 3.05) is 17.5 Å². The van der Waals surface area contributed by atoms with Crippen LogP contribution in [0, 0.1) is 5.92 Å². The maximum Gasteiger partial charge on any atom is 0.573 e. The van der Waals surface area contributed by atoms with E-state index in [0.29, 0.717) is 11.6 Å². The van der Waals surface area contributed by atoms with Crippen molar-refractivity contribution in [1.82, 2.24) is 0 Å². The number of alkyl halides is 4. The van der Waals surface area contributed by atoms with E-state index in [1.165, 1.54) is 12.1 Å². The summed E-state index contributed by atoms with van der Waals surface area (Å²) in [5.74, 6) is 1.08. The maximum atomic E-state index is 12.5. The van der Waals surface area contributed by atoms with Crippen LogP contribution in [0.3, 0.4) is 0 Å². The average Bonchev–Trinajstić information content (AvgIpc) is 3.17. The molecule has 0 radical (unpaired) electrons. The van der Waals surface area contributed by atoms with E-state index in [1.807, 2.05) is 0 Å². The van der Waals surface area contributed by atoms with Gasteiger partial charge >= 0.3 is 6.36 Å². The number of benzene rings is 1. The second-order valence-electron chi connectivity index (χ2n) is 4.94. The van der Waals surface area contributed by atoms with Gasteiger partial charge < -0.3 is 14.4 Å². The minimum Gasteiger partial charge on any atom is -0.475 e. The molecular weight excluding hydrogens is 307 g/mol. The van der Waals surface area contributed by atoms with E-state index in [1.54, 1.807) is 17.0 Å². The van der Waals surface area contributed by atoms with E-state index < -0.39 is 6.36 Å². The molecule has 1 saturated carbocycles. The monoisotopic (exact) mass is 319 g/mol. The predicted molar refractivity (Wildman–Crippen MR) is 72.0 cm³/mol. The van der Waals surface area contributed by atoms with E-state index >= 15 is 0 Å². The number of halogens is 4. The van der Waals surface area contributed by atoms with Crippen molar-refractivity contribution < 1.29 is 22.6 Å². The van der Waals surface area contributed by atoms with Crippen LogP contribution in [0.2, 0.25) is 0 Å². The Hall–Kier alpha value is -1.56. The summed E-state index contributed by atoms with van der Waals surface area (Å²) in [6.45, 7) is 0.159. The highest BCUT2D eigenvalue weighted by atomic mass is 35.5. The third-order valence-corrected chi connectivity index (χ3v) is 3.67. The molecule has 1 aromatic rings. The number of rotatable bonds is 4. The molecule has 7 heteroatoms. The molecule has 0 atom stereocenters. The maximum absolute atomic E-state index is 12.5. The first-order valence-electron chi connectivity index (χ1n) is 6.53. The van der Waals surface area contributed by atoms with Gasteiger partial charge in [0.25, 0.3) is 0 Å². The van der Waals surface area contributed by atoms with Crippen LogP contribution in [-0.4, -0.2) is 19.0 Å². The Balaban J connectivity index is 1.93. The van der Waals surface area contributed by atoms with Crippen LogP contribution in [-0.2, 0) is 4.74 Å². The third-order valence-electron chi connectivity index (χ3n) is 3.42. The van der Waals surface area contributed by atoms with Crippen molar-refractivity contribution in [3.63, 3.8) is 0 Å². The van der Waals surface area contributed by atoms with Gasteiger partial charge in [-0.25, -0.2) is 0 Å². The third kappa shape index (κ3) is 3.05. The van der Waals surface area contributed by atoms with Crippen LogP contribution in [0.4, 0.5) is 18.9 Å². The van der Waals surface area contributed by atoms with E-state index in [0.717, 1.165) is 24.3 Å². The fraction of sp³-hybridized carbons (Fsp3) is 0.429. The zero-order valence-electron chi connectivity index (χ0n) is 11.0. The van der Waals surface area contributed by atoms with Crippen LogP contribution >= 0.6 is 11.6 Å². The van der Waals surface area contributed by atoms with Gasteiger partial charge in [-0.05, 0) is 25.0 Å². The molecule has 0 amide bonds. The zero-order chi connectivity index (χ0) is 15.0. The highest BCUT2D eigenvalue weighted by Gasteiger charge is 2.38. The largest absolute Gasteiger partial charge is 0.573 e. The molecule has 0 unspecified atom stereocenters. The van der Waals surface area contributed by atoms with Gasteiger partial charge in [0.1, 0.15) is 5.76 Å². The summed E-state index contributed by atoms with van der Waals surface area (Å²) in [5.41, 5.74) is 1.03. The standard InChI is InChI=1S/C14H13ClF3NO2/c15-7-11-13(9-5-6-9)20-8-19(11)10-3-1-2-4-12(10)21-14(16,17)18/h1-4,9H,5-8H2. The van der Waals surface area contributed by atoms with Gasteiger partial charge in [-0.1, -0.05) is 12.1 Å². The first-order valence-corrected chi connectivity index (χ1v) is 7.07. The Morgan fingerprint density at radius 3 is 2.62 bits per heavy atom. The van der Waals surface area contributed by atoms with E-state index in [9.17, 15) is 13.2 Å². The number of ether oxygens (including phenoxy) is 2. The fourth-order valence-corrected chi connectivity index (χ4v) is 2.65.